The Balaban J connectivity index is 1.70. The van der Waals surface area contributed by atoms with Crippen molar-refractivity contribution in [2.75, 3.05) is 7.05 Å². The van der Waals surface area contributed by atoms with Crippen molar-refractivity contribution in [3.63, 3.8) is 0 Å². The molecule has 3 rings (SSSR count). The number of rotatable bonds is 6. The zero-order valence-corrected chi connectivity index (χ0v) is 16.9. The molecule has 1 amide bonds. The molecule has 0 spiro atoms. The van der Waals surface area contributed by atoms with E-state index in [0.717, 1.165) is 21.9 Å². The fourth-order valence-corrected chi connectivity index (χ4v) is 3.53. The predicted octanol–water partition coefficient (Wildman–Crippen LogP) is 4.74. The maximum absolute atomic E-state index is 12.7. The number of thiazole rings is 1. The maximum Gasteiger partial charge on any atom is 0.273 e. The van der Waals surface area contributed by atoms with Gasteiger partial charge in [-0.1, -0.05) is 12.1 Å². The first-order valence-corrected chi connectivity index (χ1v) is 9.81. The summed E-state index contributed by atoms with van der Waals surface area (Å²) in [5.41, 5.74) is 2.86. The molecule has 1 aromatic heterocycles. The smallest absolute Gasteiger partial charge is 0.273 e. The van der Waals surface area contributed by atoms with Gasteiger partial charge in [-0.15, -0.1) is 11.3 Å². The first kappa shape index (κ1) is 19.6. The van der Waals surface area contributed by atoms with Gasteiger partial charge < -0.3 is 9.64 Å². The van der Waals surface area contributed by atoms with Crippen LogP contribution in [0.4, 0.5) is 0 Å². The zero-order valence-electron chi connectivity index (χ0n) is 16.0. The van der Waals surface area contributed by atoms with Crippen molar-refractivity contribution < 1.29 is 9.53 Å². The molecule has 3 aromatic rings. The third kappa shape index (κ3) is 4.76. The van der Waals surface area contributed by atoms with Gasteiger partial charge in [-0.25, -0.2) is 4.98 Å². The highest BCUT2D eigenvalue weighted by molar-refractivity contribution is 7.13. The van der Waals surface area contributed by atoms with Gasteiger partial charge in [0, 0.05) is 24.5 Å². The fourth-order valence-electron chi connectivity index (χ4n) is 2.73. The molecule has 0 aliphatic heterocycles. The molecule has 28 heavy (non-hydrogen) atoms. The lowest BCUT2D eigenvalue weighted by molar-refractivity contribution is 0.0780. The molecule has 142 valence electrons. The number of carbonyl (C=O) groups excluding carboxylic acids is 1. The Labute approximate surface area is 168 Å². The molecule has 0 saturated heterocycles. The Bertz CT molecular complexity index is 1000. The summed E-state index contributed by atoms with van der Waals surface area (Å²) in [6, 6.07) is 17.1. The lowest BCUT2D eigenvalue weighted by atomic mass is 10.1. The van der Waals surface area contributed by atoms with Crippen molar-refractivity contribution >= 4 is 17.2 Å². The summed E-state index contributed by atoms with van der Waals surface area (Å²) < 4.78 is 5.66. The Morgan fingerprint density at radius 3 is 2.68 bits per heavy atom. The first-order chi connectivity index (χ1) is 13.5. The molecule has 0 N–H and O–H groups in total. The quantitative estimate of drug-likeness (QED) is 0.609. The monoisotopic (exact) mass is 391 g/mol. The summed E-state index contributed by atoms with van der Waals surface area (Å²) in [7, 11) is 1.73. The van der Waals surface area contributed by atoms with Crippen molar-refractivity contribution in [1.29, 1.82) is 5.26 Å². The number of hydrogen-bond donors (Lipinski definition) is 0. The van der Waals surface area contributed by atoms with Crippen molar-refractivity contribution in [3.05, 3.63) is 70.7 Å². The lowest BCUT2D eigenvalue weighted by Gasteiger charge is -2.16. The van der Waals surface area contributed by atoms with E-state index in [2.05, 4.69) is 11.1 Å². The van der Waals surface area contributed by atoms with Crippen molar-refractivity contribution in [1.82, 2.24) is 9.88 Å². The summed E-state index contributed by atoms with van der Waals surface area (Å²) in [4.78, 5) is 18.8. The average molecular weight is 391 g/mol. The van der Waals surface area contributed by atoms with Crippen LogP contribution in [0.15, 0.2) is 53.9 Å². The fraction of sp³-hybridized carbons (Fsp3) is 0.227. The number of aromatic nitrogens is 1. The first-order valence-electron chi connectivity index (χ1n) is 8.93. The molecule has 0 bridgehead atoms. The molecular weight excluding hydrogens is 370 g/mol. The van der Waals surface area contributed by atoms with Crippen LogP contribution >= 0.6 is 11.3 Å². The van der Waals surface area contributed by atoms with Crippen LogP contribution < -0.4 is 4.74 Å². The number of ether oxygens (including phenoxy) is 1. The van der Waals surface area contributed by atoms with E-state index in [1.807, 2.05) is 50.2 Å². The van der Waals surface area contributed by atoms with E-state index < -0.39 is 0 Å². The second kappa shape index (κ2) is 8.68. The number of nitrogens with zero attached hydrogens (tertiary/aromatic N) is 3. The minimum absolute atomic E-state index is 0.124. The number of carbonyl (C=O) groups is 1. The molecule has 0 aliphatic rings. The van der Waals surface area contributed by atoms with Crippen molar-refractivity contribution in [2.45, 2.75) is 26.5 Å². The van der Waals surface area contributed by atoms with Crippen LogP contribution in [-0.2, 0) is 6.54 Å². The van der Waals surface area contributed by atoms with Gasteiger partial charge in [0.05, 0.1) is 17.7 Å². The second-order valence-corrected chi connectivity index (χ2v) is 7.56. The van der Waals surface area contributed by atoms with Gasteiger partial charge in [0.1, 0.15) is 16.5 Å². The summed E-state index contributed by atoms with van der Waals surface area (Å²) in [6.07, 6.45) is 0.124. The van der Waals surface area contributed by atoms with Gasteiger partial charge in [0.2, 0.25) is 0 Å². The highest BCUT2D eigenvalue weighted by Gasteiger charge is 2.16. The topological polar surface area (TPSA) is 66.2 Å². The molecular formula is C22H21N3O2S. The third-order valence-corrected chi connectivity index (χ3v) is 4.91. The highest BCUT2D eigenvalue weighted by atomic mass is 32.1. The molecule has 0 atom stereocenters. The molecule has 0 fully saturated rings. The Kier molecular flexibility index (Phi) is 6.07. The van der Waals surface area contributed by atoms with E-state index in [4.69, 9.17) is 10.00 Å². The van der Waals surface area contributed by atoms with Crippen LogP contribution in [0.25, 0.3) is 10.6 Å². The molecule has 2 aromatic carbocycles. The maximum atomic E-state index is 12.7. The Morgan fingerprint density at radius 2 is 2.00 bits per heavy atom. The molecule has 0 aliphatic carbocycles. The van der Waals surface area contributed by atoms with Crippen LogP contribution in [0.5, 0.6) is 5.75 Å². The Morgan fingerprint density at radius 1 is 1.25 bits per heavy atom. The summed E-state index contributed by atoms with van der Waals surface area (Å²) in [5, 5.41) is 11.6. The van der Waals surface area contributed by atoms with E-state index in [-0.39, 0.29) is 12.0 Å². The number of amides is 1. The molecule has 6 heteroatoms. The number of nitriles is 1. The average Bonchev–Trinajstić information content (AvgIpc) is 3.17. The largest absolute Gasteiger partial charge is 0.491 e. The summed E-state index contributed by atoms with van der Waals surface area (Å²) >= 11 is 1.44. The highest BCUT2D eigenvalue weighted by Crippen LogP contribution is 2.26. The van der Waals surface area contributed by atoms with Crippen LogP contribution in [-0.4, -0.2) is 28.9 Å². The van der Waals surface area contributed by atoms with Gasteiger partial charge in [-0.05, 0) is 55.8 Å². The van der Waals surface area contributed by atoms with Crippen molar-refractivity contribution in [2.24, 2.45) is 0 Å². The van der Waals surface area contributed by atoms with Crippen LogP contribution in [0.1, 0.15) is 35.5 Å². The van der Waals surface area contributed by atoms with Gasteiger partial charge in [-0.2, -0.15) is 5.26 Å². The molecule has 0 radical (unpaired) electrons. The molecule has 5 nitrogen and oxygen atoms in total. The van der Waals surface area contributed by atoms with Gasteiger partial charge in [-0.3, -0.25) is 4.79 Å². The number of hydrogen-bond acceptors (Lipinski definition) is 5. The number of benzene rings is 2. The van der Waals surface area contributed by atoms with Crippen molar-refractivity contribution in [3.8, 4) is 22.4 Å². The SMILES string of the molecule is CC(C)Oc1ccc(-c2nc(C(=O)N(C)Cc3cccc(C#N)c3)cs2)cc1. The van der Waals surface area contributed by atoms with E-state index in [1.165, 1.54) is 11.3 Å². The molecule has 0 saturated carbocycles. The Hall–Kier alpha value is -3.17. The predicted molar refractivity (Wildman–Crippen MR) is 110 cm³/mol. The third-order valence-electron chi connectivity index (χ3n) is 4.02. The molecule has 0 unspecified atom stereocenters. The lowest BCUT2D eigenvalue weighted by Crippen LogP contribution is -2.26. The van der Waals surface area contributed by atoms with E-state index in [1.54, 1.807) is 29.5 Å². The normalized spacial score (nSPS) is 10.5. The van der Waals surface area contributed by atoms with Gasteiger partial charge in [0.15, 0.2) is 0 Å². The minimum Gasteiger partial charge on any atom is -0.491 e. The van der Waals surface area contributed by atoms with E-state index in [0.29, 0.717) is 17.8 Å². The van der Waals surface area contributed by atoms with E-state index in [9.17, 15) is 4.79 Å². The second-order valence-electron chi connectivity index (χ2n) is 6.70. The van der Waals surface area contributed by atoms with Gasteiger partial charge in [0.25, 0.3) is 5.91 Å². The minimum atomic E-state index is -0.148. The van der Waals surface area contributed by atoms with Crippen LogP contribution in [0, 0.1) is 11.3 Å². The summed E-state index contributed by atoms with van der Waals surface area (Å²) in [6.45, 7) is 4.39. The van der Waals surface area contributed by atoms with Crippen LogP contribution in [0.3, 0.4) is 0 Å². The molecule has 1 heterocycles. The van der Waals surface area contributed by atoms with Gasteiger partial charge >= 0.3 is 0 Å². The van der Waals surface area contributed by atoms with Crippen LogP contribution in [0.2, 0.25) is 0 Å². The van der Waals surface area contributed by atoms with E-state index >= 15 is 0 Å². The zero-order chi connectivity index (χ0) is 20.1. The summed E-state index contributed by atoms with van der Waals surface area (Å²) in [5.74, 6) is 0.663. The standard InChI is InChI=1S/C22H21N3O2S/c1-15(2)27-19-9-7-18(8-10-19)21-24-20(14-28-21)22(26)25(3)13-17-6-4-5-16(11-17)12-23/h4-11,14-15H,13H2,1-3H3.